The third-order valence-corrected chi connectivity index (χ3v) is 3.83. The standard InChI is InChI=1S/C13H14N2O2S/c1-9-12(14)7-8-13(15-9)10-3-5-11(6-4-10)18(2,16)17/h3-8H,14H2,1-2H3. The van der Waals surface area contributed by atoms with E-state index in [-0.39, 0.29) is 0 Å². The Kier molecular flexibility index (Phi) is 3.09. The first-order chi connectivity index (χ1) is 8.38. The van der Waals surface area contributed by atoms with Crippen LogP contribution in [0.1, 0.15) is 5.69 Å². The lowest BCUT2D eigenvalue weighted by Gasteiger charge is -2.05. The zero-order valence-corrected chi connectivity index (χ0v) is 11.0. The lowest BCUT2D eigenvalue weighted by Crippen LogP contribution is -1.97. The molecule has 0 aliphatic heterocycles. The van der Waals surface area contributed by atoms with Crippen molar-refractivity contribution < 1.29 is 8.42 Å². The molecular weight excluding hydrogens is 248 g/mol. The zero-order chi connectivity index (χ0) is 13.3. The van der Waals surface area contributed by atoms with E-state index in [1.54, 1.807) is 30.3 Å². The van der Waals surface area contributed by atoms with Crippen LogP contribution in [0.4, 0.5) is 5.69 Å². The molecule has 0 saturated carbocycles. The quantitative estimate of drug-likeness (QED) is 0.899. The van der Waals surface area contributed by atoms with Crippen molar-refractivity contribution >= 4 is 15.5 Å². The van der Waals surface area contributed by atoms with Crippen molar-refractivity contribution in [3.05, 3.63) is 42.1 Å². The molecule has 0 atom stereocenters. The summed E-state index contributed by atoms with van der Waals surface area (Å²) in [4.78, 5) is 4.66. The number of anilines is 1. The highest BCUT2D eigenvalue weighted by atomic mass is 32.2. The summed E-state index contributed by atoms with van der Waals surface area (Å²) in [6.45, 7) is 1.84. The first-order valence-corrected chi connectivity index (χ1v) is 7.31. The molecule has 0 aliphatic carbocycles. The molecule has 18 heavy (non-hydrogen) atoms. The number of benzene rings is 1. The predicted octanol–water partition coefficient (Wildman–Crippen LogP) is 2.04. The molecule has 0 unspecified atom stereocenters. The van der Waals surface area contributed by atoms with Gasteiger partial charge >= 0.3 is 0 Å². The second-order valence-electron chi connectivity index (χ2n) is 4.17. The Balaban J connectivity index is 2.43. The maximum absolute atomic E-state index is 11.3. The van der Waals surface area contributed by atoms with Gasteiger partial charge < -0.3 is 5.73 Å². The average molecular weight is 262 g/mol. The molecule has 0 amide bonds. The molecule has 0 aliphatic rings. The molecule has 0 bridgehead atoms. The van der Waals surface area contributed by atoms with E-state index in [1.165, 1.54) is 6.26 Å². The van der Waals surface area contributed by atoms with Gasteiger partial charge in [-0.05, 0) is 31.2 Å². The van der Waals surface area contributed by atoms with Crippen LogP contribution >= 0.6 is 0 Å². The third-order valence-electron chi connectivity index (χ3n) is 2.70. The highest BCUT2D eigenvalue weighted by Gasteiger charge is 2.07. The number of aryl methyl sites for hydroxylation is 1. The molecular formula is C13H14N2O2S. The molecule has 5 heteroatoms. The van der Waals surface area contributed by atoms with Crippen LogP contribution in [0.2, 0.25) is 0 Å². The molecule has 0 radical (unpaired) electrons. The summed E-state index contributed by atoms with van der Waals surface area (Å²) in [5.74, 6) is 0. The van der Waals surface area contributed by atoms with Gasteiger partial charge in [0.1, 0.15) is 0 Å². The lowest BCUT2D eigenvalue weighted by atomic mass is 10.1. The molecule has 0 spiro atoms. The van der Waals surface area contributed by atoms with E-state index >= 15 is 0 Å². The monoisotopic (exact) mass is 262 g/mol. The van der Waals surface area contributed by atoms with E-state index in [1.807, 2.05) is 13.0 Å². The van der Waals surface area contributed by atoms with Gasteiger partial charge in [-0.25, -0.2) is 8.42 Å². The van der Waals surface area contributed by atoms with Gasteiger partial charge in [0.25, 0.3) is 0 Å². The Bertz CT molecular complexity index is 677. The summed E-state index contributed by atoms with van der Waals surface area (Å²) in [6, 6.07) is 10.3. The Morgan fingerprint density at radius 1 is 1.06 bits per heavy atom. The number of hydrogen-bond acceptors (Lipinski definition) is 4. The fraction of sp³-hybridized carbons (Fsp3) is 0.154. The second kappa shape index (κ2) is 4.42. The molecule has 0 fully saturated rings. The van der Waals surface area contributed by atoms with E-state index < -0.39 is 9.84 Å². The van der Waals surface area contributed by atoms with Gasteiger partial charge in [0.2, 0.25) is 0 Å². The first kappa shape index (κ1) is 12.6. The van der Waals surface area contributed by atoms with Gasteiger partial charge in [-0.1, -0.05) is 12.1 Å². The molecule has 94 valence electrons. The van der Waals surface area contributed by atoms with Crippen molar-refractivity contribution in [2.45, 2.75) is 11.8 Å². The maximum atomic E-state index is 11.3. The van der Waals surface area contributed by atoms with Crippen LogP contribution in [0, 0.1) is 6.92 Å². The Hall–Kier alpha value is -1.88. The van der Waals surface area contributed by atoms with Crippen molar-refractivity contribution in [3.8, 4) is 11.3 Å². The molecule has 2 N–H and O–H groups in total. The number of hydrogen-bond donors (Lipinski definition) is 1. The minimum absolute atomic E-state index is 0.304. The van der Waals surface area contributed by atoms with Gasteiger partial charge in [0.15, 0.2) is 9.84 Å². The fourth-order valence-electron chi connectivity index (χ4n) is 1.61. The Morgan fingerprint density at radius 2 is 1.67 bits per heavy atom. The number of nitrogens with zero attached hydrogens (tertiary/aromatic N) is 1. The molecule has 0 saturated heterocycles. The Labute approximate surface area is 106 Å². The third kappa shape index (κ3) is 2.51. The smallest absolute Gasteiger partial charge is 0.175 e. The molecule has 1 aromatic carbocycles. The fourth-order valence-corrected chi connectivity index (χ4v) is 2.24. The van der Waals surface area contributed by atoms with Crippen LogP contribution in [0.25, 0.3) is 11.3 Å². The van der Waals surface area contributed by atoms with Crippen molar-refractivity contribution in [1.29, 1.82) is 0 Å². The second-order valence-corrected chi connectivity index (χ2v) is 6.18. The Morgan fingerprint density at radius 3 is 2.17 bits per heavy atom. The number of rotatable bonds is 2. The summed E-state index contributed by atoms with van der Waals surface area (Å²) in [6.07, 6.45) is 1.19. The van der Waals surface area contributed by atoms with E-state index in [9.17, 15) is 8.42 Å². The highest BCUT2D eigenvalue weighted by Crippen LogP contribution is 2.21. The van der Waals surface area contributed by atoms with E-state index in [4.69, 9.17) is 5.73 Å². The zero-order valence-electron chi connectivity index (χ0n) is 10.2. The highest BCUT2D eigenvalue weighted by molar-refractivity contribution is 7.90. The van der Waals surface area contributed by atoms with Crippen molar-refractivity contribution in [2.75, 3.05) is 12.0 Å². The minimum atomic E-state index is -3.16. The lowest BCUT2D eigenvalue weighted by molar-refractivity contribution is 0.602. The minimum Gasteiger partial charge on any atom is -0.397 e. The molecule has 1 heterocycles. The van der Waals surface area contributed by atoms with E-state index in [0.717, 1.165) is 17.0 Å². The maximum Gasteiger partial charge on any atom is 0.175 e. The van der Waals surface area contributed by atoms with Gasteiger partial charge in [-0.2, -0.15) is 0 Å². The number of aromatic nitrogens is 1. The molecule has 1 aromatic heterocycles. The van der Waals surface area contributed by atoms with Crippen molar-refractivity contribution in [2.24, 2.45) is 0 Å². The summed E-state index contributed by atoms with van der Waals surface area (Å²) < 4.78 is 22.7. The van der Waals surface area contributed by atoms with Gasteiger partial charge in [0, 0.05) is 11.8 Å². The summed E-state index contributed by atoms with van der Waals surface area (Å²) >= 11 is 0. The normalized spacial score (nSPS) is 11.4. The van der Waals surface area contributed by atoms with E-state index in [0.29, 0.717) is 10.6 Å². The summed E-state index contributed by atoms with van der Waals surface area (Å²) in [7, 11) is -3.16. The molecule has 2 rings (SSSR count). The van der Waals surface area contributed by atoms with Crippen LogP contribution in [0.15, 0.2) is 41.3 Å². The number of pyridine rings is 1. The largest absolute Gasteiger partial charge is 0.397 e. The average Bonchev–Trinajstić information content (AvgIpc) is 2.32. The van der Waals surface area contributed by atoms with E-state index in [2.05, 4.69) is 4.98 Å². The van der Waals surface area contributed by atoms with Crippen LogP contribution in [0.3, 0.4) is 0 Å². The molecule has 4 nitrogen and oxygen atoms in total. The topological polar surface area (TPSA) is 73.0 Å². The van der Waals surface area contributed by atoms with Crippen LogP contribution in [0.5, 0.6) is 0 Å². The number of sulfone groups is 1. The van der Waals surface area contributed by atoms with Crippen LogP contribution in [-0.4, -0.2) is 19.7 Å². The van der Waals surface area contributed by atoms with Gasteiger partial charge in [-0.15, -0.1) is 0 Å². The number of nitrogens with two attached hydrogens (primary N) is 1. The van der Waals surface area contributed by atoms with Crippen molar-refractivity contribution in [3.63, 3.8) is 0 Å². The SMILES string of the molecule is Cc1nc(-c2ccc(S(C)(=O)=O)cc2)ccc1N. The molecule has 2 aromatic rings. The van der Waals surface area contributed by atoms with Crippen LogP contribution < -0.4 is 5.73 Å². The first-order valence-electron chi connectivity index (χ1n) is 5.41. The van der Waals surface area contributed by atoms with Gasteiger partial charge in [-0.3, -0.25) is 4.98 Å². The predicted molar refractivity (Wildman–Crippen MR) is 71.9 cm³/mol. The summed E-state index contributed by atoms with van der Waals surface area (Å²) in [5, 5.41) is 0. The van der Waals surface area contributed by atoms with Crippen LogP contribution in [-0.2, 0) is 9.84 Å². The van der Waals surface area contributed by atoms with Gasteiger partial charge in [0.05, 0.1) is 22.0 Å². The van der Waals surface area contributed by atoms with Crippen molar-refractivity contribution in [1.82, 2.24) is 4.98 Å². The number of nitrogen functional groups attached to an aromatic ring is 1. The summed E-state index contributed by atoms with van der Waals surface area (Å²) in [5.41, 5.74) is 8.76.